The fourth-order valence-corrected chi connectivity index (χ4v) is 3.84. The van der Waals surface area contributed by atoms with E-state index in [0.29, 0.717) is 13.2 Å². The van der Waals surface area contributed by atoms with Gasteiger partial charge in [0.25, 0.3) is 0 Å². The molecule has 2 rings (SSSR count). The number of ether oxygens (including phenoxy) is 1. The molecular weight excluding hydrogens is 288 g/mol. The van der Waals surface area contributed by atoms with Crippen LogP contribution in [-0.4, -0.2) is 33.7 Å². The lowest BCUT2D eigenvalue weighted by Crippen LogP contribution is -2.51. The van der Waals surface area contributed by atoms with Crippen LogP contribution in [0.4, 0.5) is 5.69 Å². The molecule has 0 aromatic heterocycles. The van der Waals surface area contributed by atoms with Crippen LogP contribution < -0.4 is 10.0 Å². The second kappa shape index (κ2) is 6.77. The number of rotatable bonds is 6. The first kappa shape index (κ1) is 16.3. The molecule has 0 aliphatic carbocycles. The van der Waals surface area contributed by atoms with E-state index in [1.807, 2.05) is 6.92 Å². The van der Waals surface area contributed by atoms with Gasteiger partial charge in [-0.05, 0) is 50.5 Å². The number of anilines is 1. The second-order valence-corrected chi connectivity index (χ2v) is 7.46. The average Bonchev–Trinajstić information content (AvgIpc) is 2.45. The summed E-state index contributed by atoms with van der Waals surface area (Å²) in [5.74, 6) is 0. The van der Waals surface area contributed by atoms with Crippen LogP contribution in [0.2, 0.25) is 0 Å². The van der Waals surface area contributed by atoms with E-state index in [-0.39, 0.29) is 4.90 Å². The largest absolute Gasteiger partial charge is 0.385 e. The normalized spacial score (nSPS) is 23.0. The van der Waals surface area contributed by atoms with E-state index in [1.165, 1.54) is 0 Å². The average molecular weight is 312 g/mol. The molecule has 118 valence electrons. The molecule has 1 aromatic rings. The Morgan fingerprint density at radius 2 is 2.00 bits per heavy atom. The van der Waals surface area contributed by atoms with E-state index in [0.717, 1.165) is 31.5 Å². The number of sulfonamides is 1. The van der Waals surface area contributed by atoms with Crippen molar-refractivity contribution in [3.63, 3.8) is 0 Å². The van der Waals surface area contributed by atoms with E-state index in [2.05, 4.69) is 17.0 Å². The summed E-state index contributed by atoms with van der Waals surface area (Å²) in [7, 11) is -3.51. The van der Waals surface area contributed by atoms with Gasteiger partial charge in [-0.15, -0.1) is 0 Å². The van der Waals surface area contributed by atoms with E-state index in [1.54, 1.807) is 24.3 Å². The third kappa shape index (κ3) is 4.43. The summed E-state index contributed by atoms with van der Waals surface area (Å²) in [5.41, 5.74) is 0.416. The van der Waals surface area contributed by atoms with Gasteiger partial charge in [0.15, 0.2) is 0 Å². The van der Waals surface area contributed by atoms with Crippen LogP contribution >= 0.6 is 0 Å². The SMILES string of the molecule is CCCNc1ccc(S(=O)(=O)NC2(C)CCCOC2)cc1. The van der Waals surface area contributed by atoms with E-state index < -0.39 is 15.6 Å². The van der Waals surface area contributed by atoms with Crippen molar-refractivity contribution in [2.45, 2.75) is 43.5 Å². The quantitative estimate of drug-likeness (QED) is 0.846. The molecule has 0 bridgehead atoms. The molecule has 21 heavy (non-hydrogen) atoms. The Morgan fingerprint density at radius 3 is 2.57 bits per heavy atom. The Kier molecular flexibility index (Phi) is 5.24. The molecule has 1 aliphatic rings. The van der Waals surface area contributed by atoms with Gasteiger partial charge in [0, 0.05) is 18.8 Å². The van der Waals surface area contributed by atoms with Crippen molar-refractivity contribution in [3.05, 3.63) is 24.3 Å². The summed E-state index contributed by atoms with van der Waals surface area (Å²) in [5, 5.41) is 3.23. The first-order valence-electron chi connectivity index (χ1n) is 7.41. The molecule has 6 heteroatoms. The Labute approximate surface area is 127 Å². The maximum Gasteiger partial charge on any atom is 0.241 e. The van der Waals surface area contributed by atoms with Gasteiger partial charge in [-0.1, -0.05) is 6.92 Å². The van der Waals surface area contributed by atoms with E-state index >= 15 is 0 Å². The van der Waals surface area contributed by atoms with Crippen LogP contribution in [0.5, 0.6) is 0 Å². The number of hydrogen-bond donors (Lipinski definition) is 2. The maximum absolute atomic E-state index is 12.4. The molecule has 0 amide bonds. The molecule has 1 aromatic carbocycles. The van der Waals surface area contributed by atoms with Gasteiger partial charge in [0.2, 0.25) is 10.0 Å². The number of benzene rings is 1. The lowest BCUT2D eigenvalue weighted by Gasteiger charge is -2.33. The Morgan fingerprint density at radius 1 is 1.29 bits per heavy atom. The smallest absolute Gasteiger partial charge is 0.241 e. The van der Waals surface area contributed by atoms with Crippen molar-refractivity contribution in [1.82, 2.24) is 4.72 Å². The highest BCUT2D eigenvalue weighted by Gasteiger charge is 2.32. The predicted molar refractivity (Wildman–Crippen MR) is 84.0 cm³/mol. The van der Waals surface area contributed by atoms with Crippen molar-refractivity contribution in [2.24, 2.45) is 0 Å². The van der Waals surface area contributed by atoms with Gasteiger partial charge in [0.1, 0.15) is 0 Å². The van der Waals surface area contributed by atoms with Crippen LogP contribution in [-0.2, 0) is 14.8 Å². The summed E-state index contributed by atoms with van der Waals surface area (Å²) < 4.78 is 33.1. The Bertz CT molecular complexity index is 549. The van der Waals surface area contributed by atoms with Crippen LogP contribution in [0.15, 0.2) is 29.2 Å². The van der Waals surface area contributed by atoms with Gasteiger partial charge >= 0.3 is 0 Å². The fourth-order valence-electron chi connectivity index (χ4n) is 2.42. The molecular formula is C15H24N2O3S. The predicted octanol–water partition coefficient (Wildman–Crippen LogP) is 2.36. The zero-order valence-corrected chi connectivity index (χ0v) is 13.5. The lowest BCUT2D eigenvalue weighted by molar-refractivity contribution is 0.0386. The molecule has 5 nitrogen and oxygen atoms in total. The molecule has 0 saturated carbocycles. The third-order valence-corrected chi connectivity index (χ3v) is 5.22. The van der Waals surface area contributed by atoms with E-state index in [9.17, 15) is 8.42 Å². The second-order valence-electron chi connectivity index (χ2n) is 5.77. The molecule has 2 N–H and O–H groups in total. The monoisotopic (exact) mass is 312 g/mol. The minimum atomic E-state index is -3.51. The standard InChI is InChI=1S/C15H24N2O3S/c1-3-10-16-13-5-7-14(8-6-13)21(18,19)17-15(2)9-4-11-20-12-15/h5-8,16-17H,3-4,9-12H2,1-2H3. The molecule has 1 unspecified atom stereocenters. The zero-order chi connectivity index (χ0) is 15.3. The van der Waals surface area contributed by atoms with Crippen molar-refractivity contribution >= 4 is 15.7 Å². The Hall–Kier alpha value is -1.11. The minimum absolute atomic E-state index is 0.288. The first-order chi connectivity index (χ1) is 9.95. The summed E-state index contributed by atoms with van der Waals surface area (Å²) in [6, 6.07) is 6.86. The molecule has 1 atom stereocenters. The van der Waals surface area contributed by atoms with Gasteiger partial charge in [-0.25, -0.2) is 13.1 Å². The van der Waals surface area contributed by atoms with Crippen LogP contribution in [0, 0.1) is 0 Å². The molecule has 1 aliphatic heterocycles. The summed E-state index contributed by atoms with van der Waals surface area (Å²) >= 11 is 0. The van der Waals surface area contributed by atoms with Gasteiger partial charge in [-0.3, -0.25) is 0 Å². The molecule has 1 fully saturated rings. The van der Waals surface area contributed by atoms with Gasteiger partial charge in [-0.2, -0.15) is 0 Å². The molecule has 1 saturated heterocycles. The Balaban J connectivity index is 2.08. The number of hydrogen-bond acceptors (Lipinski definition) is 4. The molecule has 0 spiro atoms. The topological polar surface area (TPSA) is 67.4 Å². The lowest BCUT2D eigenvalue weighted by atomic mass is 9.97. The third-order valence-electron chi connectivity index (χ3n) is 3.56. The van der Waals surface area contributed by atoms with Crippen LogP contribution in [0.1, 0.15) is 33.1 Å². The zero-order valence-electron chi connectivity index (χ0n) is 12.7. The summed E-state index contributed by atoms with van der Waals surface area (Å²) in [6.45, 7) is 5.97. The highest BCUT2D eigenvalue weighted by Crippen LogP contribution is 2.22. The van der Waals surface area contributed by atoms with Crippen LogP contribution in [0.25, 0.3) is 0 Å². The van der Waals surface area contributed by atoms with Gasteiger partial charge < -0.3 is 10.1 Å². The maximum atomic E-state index is 12.4. The minimum Gasteiger partial charge on any atom is -0.385 e. The molecule has 1 heterocycles. The summed E-state index contributed by atoms with van der Waals surface area (Å²) in [6.07, 6.45) is 2.70. The first-order valence-corrected chi connectivity index (χ1v) is 8.89. The highest BCUT2D eigenvalue weighted by molar-refractivity contribution is 7.89. The van der Waals surface area contributed by atoms with Crippen molar-refractivity contribution < 1.29 is 13.2 Å². The van der Waals surface area contributed by atoms with E-state index in [4.69, 9.17) is 4.74 Å². The summed E-state index contributed by atoms with van der Waals surface area (Å²) in [4.78, 5) is 0.288. The van der Waals surface area contributed by atoms with Crippen LogP contribution in [0.3, 0.4) is 0 Å². The number of nitrogens with one attached hydrogen (secondary N) is 2. The van der Waals surface area contributed by atoms with Crippen molar-refractivity contribution in [3.8, 4) is 0 Å². The van der Waals surface area contributed by atoms with Gasteiger partial charge in [0.05, 0.1) is 17.0 Å². The fraction of sp³-hybridized carbons (Fsp3) is 0.600. The molecule has 0 radical (unpaired) electrons. The van der Waals surface area contributed by atoms with Crippen molar-refractivity contribution in [1.29, 1.82) is 0 Å². The van der Waals surface area contributed by atoms with Crippen molar-refractivity contribution in [2.75, 3.05) is 25.1 Å². The highest BCUT2D eigenvalue weighted by atomic mass is 32.2.